The number of hydrogen-bond donors (Lipinski definition) is 1. The van der Waals surface area contributed by atoms with Crippen molar-refractivity contribution in [1.29, 1.82) is 0 Å². The van der Waals surface area contributed by atoms with E-state index in [1.807, 2.05) is 6.92 Å². The van der Waals surface area contributed by atoms with Crippen molar-refractivity contribution in [3.63, 3.8) is 0 Å². The van der Waals surface area contributed by atoms with E-state index in [1.165, 1.54) is 37.5 Å². The predicted molar refractivity (Wildman–Crippen MR) is 81.2 cm³/mol. The van der Waals surface area contributed by atoms with Crippen LogP contribution >= 0.6 is 0 Å². The molecule has 0 saturated carbocycles. The lowest BCUT2D eigenvalue weighted by molar-refractivity contribution is 0.175. The fourth-order valence-electron chi connectivity index (χ4n) is 2.59. The van der Waals surface area contributed by atoms with Gasteiger partial charge in [-0.15, -0.1) is 0 Å². The van der Waals surface area contributed by atoms with Crippen molar-refractivity contribution in [2.75, 3.05) is 19.6 Å². The van der Waals surface area contributed by atoms with Crippen LogP contribution in [0.2, 0.25) is 0 Å². The van der Waals surface area contributed by atoms with E-state index in [0.717, 1.165) is 13.1 Å². The average Bonchev–Trinajstić information content (AvgIpc) is 2.48. The molecule has 0 aromatic heterocycles. The first kappa shape index (κ1) is 16.4. The summed E-state index contributed by atoms with van der Waals surface area (Å²) in [6.07, 6.45) is 3.60. The lowest BCUT2D eigenvalue weighted by Gasteiger charge is -2.32. The zero-order valence-corrected chi connectivity index (χ0v) is 13.4. The van der Waals surface area contributed by atoms with Gasteiger partial charge in [0.15, 0.2) is 0 Å². The number of likely N-dealkylation sites (tertiary alicyclic amines) is 1. The lowest BCUT2D eigenvalue weighted by Crippen LogP contribution is -2.44. The molecule has 0 aliphatic carbocycles. The Labute approximate surface area is 126 Å². The van der Waals surface area contributed by atoms with E-state index in [0.29, 0.717) is 12.1 Å². The summed E-state index contributed by atoms with van der Waals surface area (Å²) in [5.41, 5.74) is 0.335. The van der Waals surface area contributed by atoms with Gasteiger partial charge in [-0.1, -0.05) is 6.42 Å². The van der Waals surface area contributed by atoms with E-state index in [4.69, 9.17) is 0 Å². The molecule has 1 saturated heterocycles. The van der Waals surface area contributed by atoms with Gasteiger partial charge in [-0.3, -0.25) is 4.90 Å². The smallest absolute Gasteiger partial charge is 0.240 e. The zero-order valence-electron chi connectivity index (χ0n) is 12.6. The van der Waals surface area contributed by atoms with Crippen LogP contribution in [-0.2, 0) is 10.0 Å². The molecular weight excluding hydrogens is 291 g/mol. The second kappa shape index (κ2) is 6.85. The number of rotatable bonds is 5. The molecule has 1 heterocycles. The van der Waals surface area contributed by atoms with E-state index in [-0.39, 0.29) is 10.9 Å². The Morgan fingerprint density at radius 2 is 1.95 bits per heavy atom. The average molecular weight is 314 g/mol. The van der Waals surface area contributed by atoms with Gasteiger partial charge in [0.2, 0.25) is 10.0 Å². The molecule has 1 aromatic carbocycles. The summed E-state index contributed by atoms with van der Waals surface area (Å²) >= 11 is 0. The molecule has 6 heteroatoms. The molecule has 4 nitrogen and oxygen atoms in total. The highest BCUT2D eigenvalue weighted by atomic mass is 32.2. The molecule has 1 fully saturated rings. The topological polar surface area (TPSA) is 49.4 Å². The second-order valence-electron chi connectivity index (χ2n) is 5.71. The van der Waals surface area contributed by atoms with E-state index < -0.39 is 15.8 Å². The third-order valence-electron chi connectivity index (χ3n) is 4.02. The van der Waals surface area contributed by atoms with Crippen LogP contribution < -0.4 is 4.72 Å². The van der Waals surface area contributed by atoms with Crippen LogP contribution in [0.3, 0.4) is 0 Å². The summed E-state index contributed by atoms with van der Waals surface area (Å²) in [6.45, 7) is 6.02. The Morgan fingerprint density at radius 1 is 1.29 bits per heavy atom. The first-order valence-corrected chi connectivity index (χ1v) is 8.88. The number of hydrogen-bond acceptors (Lipinski definition) is 3. The second-order valence-corrected chi connectivity index (χ2v) is 7.48. The molecule has 0 amide bonds. The normalized spacial score (nSPS) is 18.6. The molecule has 0 spiro atoms. The Morgan fingerprint density at radius 3 is 2.57 bits per heavy atom. The molecule has 1 aromatic rings. The Hall–Kier alpha value is -0.980. The van der Waals surface area contributed by atoms with Crippen LogP contribution in [-0.4, -0.2) is 39.0 Å². The van der Waals surface area contributed by atoms with E-state index in [1.54, 1.807) is 6.92 Å². The highest BCUT2D eigenvalue weighted by Gasteiger charge is 2.20. The van der Waals surface area contributed by atoms with Crippen LogP contribution in [0.5, 0.6) is 0 Å². The first-order chi connectivity index (χ1) is 9.90. The molecule has 21 heavy (non-hydrogen) atoms. The summed E-state index contributed by atoms with van der Waals surface area (Å²) in [5, 5.41) is 0. The number of benzene rings is 1. The standard InChI is InChI=1S/C15H23FN2O2S/c1-12-10-14(6-7-15(12)16)21(19,20)17-11-13(2)18-8-4-3-5-9-18/h6-7,10,13,17H,3-5,8-9,11H2,1-2H3. The van der Waals surface area contributed by atoms with Crippen LogP contribution in [0.4, 0.5) is 4.39 Å². The molecular formula is C15H23FN2O2S. The van der Waals surface area contributed by atoms with Crippen LogP contribution in [0.15, 0.2) is 23.1 Å². The number of halogens is 1. The fourth-order valence-corrected chi connectivity index (χ4v) is 3.79. The third-order valence-corrected chi connectivity index (χ3v) is 5.44. The zero-order chi connectivity index (χ0) is 15.5. The summed E-state index contributed by atoms with van der Waals surface area (Å²) < 4.78 is 40.3. The van der Waals surface area contributed by atoms with Crippen LogP contribution in [0.1, 0.15) is 31.7 Å². The summed E-state index contributed by atoms with van der Waals surface area (Å²) in [5.74, 6) is -0.393. The number of nitrogens with one attached hydrogen (secondary N) is 1. The lowest BCUT2D eigenvalue weighted by atomic mass is 10.1. The molecule has 1 atom stereocenters. The summed E-state index contributed by atoms with van der Waals surface area (Å²) in [6, 6.07) is 4.03. The Kier molecular flexibility index (Phi) is 5.35. The largest absolute Gasteiger partial charge is 0.299 e. The van der Waals surface area contributed by atoms with Gasteiger partial charge in [0, 0.05) is 12.6 Å². The highest BCUT2D eigenvalue weighted by Crippen LogP contribution is 2.15. The maximum absolute atomic E-state index is 13.2. The number of nitrogens with zero attached hydrogens (tertiary/aromatic N) is 1. The van der Waals surface area contributed by atoms with Crippen molar-refractivity contribution in [2.45, 2.75) is 44.0 Å². The fraction of sp³-hybridized carbons (Fsp3) is 0.600. The van der Waals surface area contributed by atoms with E-state index >= 15 is 0 Å². The van der Waals surface area contributed by atoms with Crippen LogP contribution in [0, 0.1) is 12.7 Å². The van der Waals surface area contributed by atoms with Gasteiger partial charge < -0.3 is 0 Å². The van der Waals surface area contributed by atoms with Crippen molar-refractivity contribution in [3.05, 3.63) is 29.6 Å². The quantitative estimate of drug-likeness (QED) is 0.907. The van der Waals surface area contributed by atoms with Crippen LogP contribution in [0.25, 0.3) is 0 Å². The minimum atomic E-state index is -3.58. The van der Waals surface area contributed by atoms with Gasteiger partial charge >= 0.3 is 0 Å². The number of sulfonamides is 1. The minimum absolute atomic E-state index is 0.118. The predicted octanol–water partition coefficient (Wildman–Crippen LogP) is 2.29. The van der Waals surface area contributed by atoms with Gasteiger partial charge in [0.25, 0.3) is 0 Å². The van der Waals surface area contributed by atoms with Gasteiger partial charge in [0.05, 0.1) is 4.90 Å². The first-order valence-electron chi connectivity index (χ1n) is 7.40. The van der Waals surface area contributed by atoms with Crippen molar-refractivity contribution in [3.8, 4) is 0 Å². The Bertz CT molecular complexity index is 583. The van der Waals surface area contributed by atoms with Gasteiger partial charge in [-0.25, -0.2) is 17.5 Å². The number of aryl methyl sites for hydroxylation is 1. The molecule has 1 aliphatic rings. The van der Waals surface area contributed by atoms with Crippen molar-refractivity contribution < 1.29 is 12.8 Å². The van der Waals surface area contributed by atoms with E-state index in [9.17, 15) is 12.8 Å². The molecule has 1 N–H and O–H groups in total. The summed E-state index contributed by atoms with van der Waals surface area (Å²) in [4.78, 5) is 2.43. The highest BCUT2D eigenvalue weighted by molar-refractivity contribution is 7.89. The molecule has 1 unspecified atom stereocenters. The van der Waals surface area contributed by atoms with Gasteiger partial charge in [-0.05, 0) is 63.5 Å². The summed E-state index contributed by atoms with van der Waals surface area (Å²) in [7, 11) is -3.58. The van der Waals surface area contributed by atoms with Gasteiger partial charge in [0.1, 0.15) is 5.82 Å². The van der Waals surface area contributed by atoms with Crippen molar-refractivity contribution in [2.24, 2.45) is 0 Å². The molecule has 118 valence electrons. The monoisotopic (exact) mass is 314 g/mol. The Balaban J connectivity index is 1.98. The van der Waals surface area contributed by atoms with Gasteiger partial charge in [-0.2, -0.15) is 0 Å². The molecule has 0 radical (unpaired) electrons. The van der Waals surface area contributed by atoms with E-state index in [2.05, 4.69) is 9.62 Å². The number of piperidine rings is 1. The molecule has 0 bridgehead atoms. The molecule has 2 rings (SSSR count). The molecule has 1 aliphatic heterocycles. The van der Waals surface area contributed by atoms with Crippen molar-refractivity contribution >= 4 is 10.0 Å². The minimum Gasteiger partial charge on any atom is -0.299 e. The van der Waals surface area contributed by atoms with Crippen molar-refractivity contribution in [1.82, 2.24) is 9.62 Å². The SMILES string of the molecule is Cc1cc(S(=O)(=O)NCC(C)N2CCCCC2)ccc1F. The third kappa shape index (κ3) is 4.25. The maximum Gasteiger partial charge on any atom is 0.240 e. The maximum atomic E-state index is 13.2.